The number of nitrogens with one attached hydrogen (secondary N) is 2. The second-order valence-corrected chi connectivity index (χ2v) is 4.03. The van der Waals surface area contributed by atoms with Crippen LogP contribution >= 0.6 is 11.6 Å². The van der Waals surface area contributed by atoms with E-state index in [1.165, 1.54) is 0 Å². The Labute approximate surface area is 101 Å². The maximum Gasteiger partial charge on any atom is 0.238 e. The lowest BCUT2D eigenvalue weighted by Crippen LogP contribution is -2.28. The minimum atomic E-state index is -0.0432. The third kappa shape index (κ3) is 5.14. The normalized spacial score (nSPS) is 10.1. The Hall–Kier alpha value is -1.06. The molecule has 4 heteroatoms. The second-order valence-electron chi connectivity index (χ2n) is 3.59. The average molecular weight is 241 g/mol. The van der Waals surface area contributed by atoms with Gasteiger partial charge in [0, 0.05) is 10.7 Å². The highest BCUT2D eigenvalue weighted by molar-refractivity contribution is 6.30. The summed E-state index contributed by atoms with van der Waals surface area (Å²) in [5.41, 5.74) is 0.731. The average Bonchev–Trinajstić information content (AvgIpc) is 2.24. The van der Waals surface area contributed by atoms with Gasteiger partial charge in [-0.15, -0.1) is 0 Å². The number of carbonyl (C=O) groups is 1. The minimum Gasteiger partial charge on any atom is -0.325 e. The van der Waals surface area contributed by atoms with Crippen molar-refractivity contribution < 1.29 is 4.79 Å². The summed E-state index contributed by atoms with van der Waals surface area (Å²) in [7, 11) is 0. The predicted molar refractivity (Wildman–Crippen MR) is 67.9 cm³/mol. The first-order chi connectivity index (χ1) is 7.72. The molecule has 16 heavy (non-hydrogen) atoms. The monoisotopic (exact) mass is 240 g/mol. The Morgan fingerprint density at radius 3 is 2.94 bits per heavy atom. The molecule has 0 fully saturated rings. The van der Waals surface area contributed by atoms with Crippen molar-refractivity contribution in [1.29, 1.82) is 0 Å². The molecule has 0 heterocycles. The van der Waals surface area contributed by atoms with E-state index in [1.54, 1.807) is 12.1 Å². The maximum absolute atomic E-state index is 11.5. The van der Waals surface area contributed by atoms with Crippen LogP contribution in [0.4, 0.5) is 5.69 Å². The first kappa shape index (κ1) is 13.0. The van der Waals surface area contributed by atoms with E-state index in [-0.39, 0.29) is 5.91 Å². The van der Waals surface area contributed by atoms with Crippen LogP contribution in [-0.4, -0.2) is 19.0 Å². The highest BCUT2D eigenvalue weighted by atomic mass is 35.5. The fraction of sp³-hybridized carbons (Fsp3) is 0.417. The molecule has 88 valence electrons. The third-order valence-electron chi connectivity index (χ3n) is 2.10. The summed E-state index contributed by atoms with van der Waals surface area (Å²) in [5.74, 6) is -0.0432. The summed E-state index contributed by atoms with van der Waals surface area (Å²) in [4.78, 5) is 11.5. The Balaban J connectivity index is 2.29. The molecule has 0 aliphatic carbocycles. The number of rotatable bonds is 6. The quantitative estimate of drug-likeness (QED) is 0.751. The van der Waals surface area contributed by atoms with E-state index >= 15 is 0 Å². The molecule has 0 spiro atoms. The first-order valence-corrected chi connectivity index (χ1v) is 5.86. The molecular formula is C12H17ClN2O. The van der Waals surface area contributed by atoms with Crippen molar-refractivity contribution in [3.05, 3.63) is 29.3 Å². The van der Waals surface area contributed by atoms with E-state index in [4.69, 9.17) is 11.6 Å². The van der Waals surface area contributed by atoms with Crippen LogP contribution in [0.1, 0.15) is 19.8 Å². The maximum atomic E-state index is 11.5. The van der Waals surface area contributed by atoms with Crippen molar-refractivity contribution in [2.24, 2.45) is 0 Å². The van der Waals surface area contributed by atoms with Crippen LogP contribution in [0.2, 0.25) is 5.02 Å². The van der Waals surface area contributed by atoms with Crippen LogP contribution in [0.25, 0.3) is 0 Å². The number of benzene rings is 1. The van der Waals surface area contributed by atoms with Gasteiger partial charge in [0.25, 0.3) is 0 Å². The van der Waals surface area contributed by atoms with Crippen LogP contribution in [0.5, 0.6) is 0 Å². The Kier molecular flexibility index (Phi) is 5.90. The van der Waals surface area contributed by atoms with Crippen LogP contribution < -0.4 is 10.6 Å². The van der Waals surface area contributed by atoms with Crippen molar-refractivity contribution in [3.63, 3.8) is 0 Å². The topological polar surface area (TPSA) is 41.1 Å². The van der Waals surface area contributed by atoms with Gasteiger partial charge in [0.15, 0.2) is 0 Å². The van der Waals surface area contributed by atoms with E-state index in [1.807, 2.05) is 12.1 Å². The molecule has 0 radical (unpaired) electrons. The highest BCUT2D eigenvalue weighted by Crippen LogP contribution is 2.14. The summed E-state index contributed by atoms with van der Waals surface area (Å²) in [6, 6.07) is 7.13. The predicted octanol–water partition coefficient (Wildman–Crippen LogP) is 2.67. The molecule has 1 rings (SSSR count). The number of hydrogen-bond donors (Lipinski definition) is 2. The van der Waals surface area contributed by atoms with Crippen LogP contribution in [0.3, 0.4) is 0 Å². The van der Waals surface area contributed by atoms with E-state index < -0.39 is 0 Å². The Bertz CT molecular complexity index is 342. The molecule has 0 aliphatic heterocycles. The van der Waals surface area contributed by atoms with Gasteiger partial charge in [0.2, 0.25) is 5.91 Å². The van der Waals surface area contributed by atoms with E-state index in [0.717, 1.165) is 25.1 Å². The molecule has 0 aromatic heterocycles. The summed E-state index contributed by atoms with van der Waals surface area (Å²) >= 11 is 5.81. The van der Waals surface area contributed by atoms with Gasteiger partial charge < -0.3 is 10.6 Å². The Morgan fingerprint density at radius 1 is 1.44 bits per heavy atom. The van der Waals surface area contributed by atoms with Gasteiger partial charge in [-0.1, -0.05) is 31.0 Å². The zero-order valence-electron chi connectivity index (χ0n) is 9.42. The lowest BCUT2D eigenvalue weighted by atomic mass is 10.3. The van der Waals surface area contributed by atoms with E-state index in [9.17, 15) is 4.79 Å². The van der Waals surface area contributed by atoms with Gasteiger partial charge in [-0.2, -0.15) is 0 Å². The fourth-order valence-corrected chi connectivity index (χ4v) is 1.47. The lowest BCUT2D eigenvalue weighted by molar-refractivity contribution is -0.115. The number of amides is 1. The van der Waals surface area contributed by atoms with Gasteiger partial charge in [-0.3, -0.25) is 4.79 Å². The van der Waals surface area contributed by atoms with Crippen molar-refractivity contribution >= 4 is 23.2 Å². The zero-order chi connectivity index (χ0) is 11.8. The molecular weight excluding hydrogens is 224 g/mol. The number of hydrogen-bond acceptors (Lipinski definition) is 2. The van der Waals surface area contributed by atoms with Crippen molar-refractivity contribution in [1.82, 2.24) is 5.32 Å². The standard InChI is InChI=1S/C12H17ClN2O/c1-2-3-7-14-9-12(16)15-11-6-4-5-10(13)8-11/h4-6,8,14H,2-3,7,9H2,1H3,(H,15,16). The minimum absolute atomic E-state index is 0.0432. The van der Waals surface area contributed by atoms with E-state index in [0.29, 0.717) is 11.6 Å². The largest absolute Gasteiger partial charge is 0.325 e. The molecule has 1 aromatic rings. The van der Waals surface area contributed by atoms with Crippen LogP contribution in [0, 0.1) is 0 Å². The molecule has 1 aromatic carbocycles. The number of unbranched alkanes of at least 4 members (excludes halogenated alkanes) is 1. The summed E-state index contributed by atoms with van der Waals surface area (Å²) in [5, 5.41) is 6.47. The first-order valence-electron chi connectivity index (χ1n) is 5.48. The van der Waals surface area contributed by atoms with Gasteiger partial charge in [0.05, 0.1) is 6.54 Å². The molecule has 0 unspecified atom stereocenters. The van der Waals surface area contributed by atoms with E-state index in [2.05, 4.69) is 17.6 Å². The van der Waals surface area contributed by atoms with Crippen LogP contribution in [-0.2, 0) is 4.79 Å². The smallest absolute Gasteiger partial charge is 0.238 e. The second kappa shape index (κ2) is 7.25. The van der Waals surface area contributed by atoms with Gasteiger partial charge in [-0.05, 0) is 31.2 Å². The van der Waals surface area contributed by atoms with Crippen LogP contribution in [0.15, 0.2) is 24.3 Å². The van der Waals surface area contributed by atoms with Crippen molar-refractivity contribution in [3.8, 4) is 0 Å². The summed E-state index contributed by atoms with van der Waals surface area (Å²) in [6.45, 7) is 3.33. The molecule has 0 bridgehead atoms. The van der Waals surface area contributed by atoms with Gasteiger partial charge >= 0.3 is 0 Å². The molecule has 3 nitrogen and oxygen atoms in total. The fourth-order valence-electron chi connectivity index (χ4n) is 1.28. The SMILES string of the molecule is CCCCNCC(=O)Nc1cccc(Cl)c1. The highest BCUT2D eigenvalue weighted by Gasteiger charge is 2.01. The molecule has 0 atom stereocenters. The molecule has 1 amide bonds. The molecule has 0 aliphatic rings. The molecule has 0 saturated carbocycles. The Morgan fingerprint density at radius 2 is 2.25 bits per heavy atom. The molecule has 0 saturated heterocycles. The molecule has 2 N–H and O–H groups in total. The zero-order valence-corrected chi connectivity index (χ0v) is 10.2. The van der Waals surface area contributed by atoms with Crippen molar-refractivity contribution in [2.45, 2.75) is 19.8 Å². The summed E-state index contributed by atoms with van der Waals surface area (Å²) in [6.07, 6.45) is 2.22. The van der Waals surface area contributed by atoms with Crippen molar-refractivity contribution in [2.75, 3.05) is 18.4 Å². The lowest BCUT2D eigenvalue weighted by Gasteiger charge is -2.06. The number of anilines is 1. The van der Waals surface area contributed by atoms with Gasteiger partial charge in [0.1, 0.15) is 0 Å². The third-order valence-corrected chi connectivity index (χ3v) is 2.34. The summed E-state index contributed by atoms with van der Waals surface area (Å²) < 4.78 is 0. The van der Waals surface area contributed by atoms with Gasteiger partial charge in [-0.25, -0.2) is 0 Å². The number of halogens is 1. The number of carbonyl (C=O) groups excluding carboxylic acids is 1.